The highest BCUT2D eigenvalue weighted by molar-refractivity contribution is 5.95. The Morgan fingerprint density at radius 2 is 2.37 bits per heavy atom. The maximum Gasteiger partial charge on any atom is 0.328 e. The Kier molecular flexibility index (Phi) is 3.96. The van der Waals surface area contributed by atoms with Crippen LogP contribution in [0.15, 0.2) is 18.3 Å². The van der Waals surface area contributed by atoms with Gasteiger partial charge in [-0.3, -0.25) is 9.78 Å². The first-order valence-corrected chi connectivity index (χ1v) is 5.75. The molecule has 1 unspecified atom stereocenters. The number of aliphatic carboxylic acids is 1. The monoisotopic (exact) mass is 266 g/mol. The van der Waals surface area contributed by atoms with E-state index in [0.29, 0.717) is 12.4 Å². The van der Waals surface area contributed by atoms with E-state index in [0.717, 1.165) is 0 Å². The van der Waals surface area contributed by atoms with Gasteiger partial charge in [0.2, 0.25) is 0 Å². The van der Waals surface area contributed by atoms with E-state index in [1.54, 1.807) is 6.07 Å². The molecular weight excluding hydrogens is 252 g/mol. The number of rotatable bonds is 3. The topological polar surface area (TPSA) is 89.0 Å². The third-order valence-corrected chi connectivity index (χ3v) is 2.86. The van der Waals surface area contributed by atoms with E-state index in [1.165, 1.54) is 24.3 Å². The van der Waals surface area contributed by atoms with E-state index in [4.69, 9.17) is 14.6 Å². The lowest BCUT2D eigenvalue weighted by atomic mass is 10.2. The highest BCUT2D eigenvalue weighted by Gasteiger charge is 2.33. The Balaban J connectivity index is 2.23. The molecule has 1 aromatic rings. The molecule has 102 valence electrons. The summed E-state index contributed by atoms with van der Waals surface area (Å²) >= 11 is 0. The predicted molar refractivity (Wildman–Crippen MR) is 64.1 cm³/mol. The fourth-order valence-electron chi connectivity index (χ4n) is 1.85. The summed E-state index contributed by atoms with van der Waals surface area (Å²) < 4.78 is 10.1. The molecule has 1 N–H and O–H groups in total. The lowest BCUT2D eigenvalue weighted by molar-refractivity contribution is -0.147. The summed E-state index contributed by atoms with van der Waals surface area (Å²) in [4.78, 5) is 28.6. The number of amides is 1. The second-order valence-corrected chi connectivity index (χ2v) is 4.01. The van der Waals surface area contributed by atoms with Crippen molar-refractivity contribution < 1.29 is 24.2 Å². The van der Waals surface area contributed by atoms with Gasteiger partial charge in [0.1, 0.15) is 11.4 Å². The zero-order valence-corrected chi connectivity index (χ0v) is 10.4. The molecule has 7 heteroatoms. The first-order chi connectivity index (χ1) is 9.13. The molecule has 2 rings (SSSR count). The standard InChI is InChI=1S/C12H14N2O5/c1-18-8-2-3-13-9(6-8)11(15)14-4-5-19-7-10(14)12(16)17/h2-3,6,10H,4-5,7H2,1H3,(H,16,17). The van der Waals surface area contributed by atoms with Crippen LogP contribution in [-0.4, -0.2) is 59.8 Å². The molecule has 1 aromatic heterocycles. The predicted octanol–water partition coefficient (Wildman–Crippen LogP) is 0.0158. The van der Waals surface area contributed by atoms with Crippen molar-refractivity contribution in [1.29, 1.82) is 0 Å². The van der Waals surface area contributed by atoms with Crippen LogP contribution in [-0.2, 0) is 9.53 Å². The van der Waals surface area contributed by atoms with Crippen molar-refractivity contribution in [2.45, 2.75) is 6.04 Å². The van der Waals surface area contributed by atoms with Crippen LogP contribution in [0.1, 0.15) is 10.5 Å². The van der Waals surface area contributed by atoms with Crippen LogP contribution in [0.25, 0.3) is 0 Å². The van der Waals surface area contributed by atoms with Crippen molar-refractivity contribution in [3.63, 3.8) is 0 Å². The number of aromatic nitrogens is 1. The van der Waals surface area contributed by atoms with Crippen molar-refractivity contribution in [2.24, 2.45) is 0 Å². The summed E-state index contributed by atoms with van der Waals surface area (Å²) in [6.07, 6.45) is 1.45. The van der Waals surface area contributed by atoms with Crippen LogP contribution in [0.5, 0.6) is 5.75 Å². The number of methoxy groups -OCH3 is 1. The average Bonchev–Trinajstić information content (AvgIpc) is 2.46. The highest BCUT2D eigenvalue weighted by atomic mass is 16.5. The van der Waals surface area contributed by atoms with Gasteiger partial charge in [-0.15, -0.1) is 0 Å². The minimum absolute atomic E-state index is 0.00889. The van der Waals surface area contributed by atoms with Gasteiger partial charge in [-0.25, -0.2) is 4.79 Å². The number of nitrogens with zero attached hydrogens (tertiary/aromatic N) is 2. The molecule has 1 atom stereocenters. The molecule has 0 aliphatic carbocycles. The average molecular weight is 266 g/mol. The lowest BCUT2D eigenvalue weighted by Crippen LogP contribution is -2.52. The minimum atomic E-state index is -1.09. The Morgan fingerprint density at radius 3 is 3.05 bits per heavy atom. The van der Waals surface area contributed by atoms with Gasteiger partial charge in [0.25, 0.3) is 5.91 Å². The molecule has 2 heterocycles. The Labute approximate surface area is 109 Å². The molecule has 7 nitrogen and oxygen atoms in total. The molecule has 1 fully saturated rings. The number of ether oxygens (including phenoxy) is 2. The Morgan fingerprint density at radius 1 is 1.58 bits per heavy atom. The summed E-state index contributed by atoms with van der Waals surface area (Å²) in [6.45, 7) is 0.541. The molecule has 0 spiro atoms. The van der Waals surface area contributed by atoms with Crippen LogP contribution in [0.4, 0.5) is 0 Å². The molecule has 1 amide bonds. The van der Waals surface area contributed by atoms with Crippen molar-refractivity contribution in [2.75, 3.05) is 26.9 Å². The van der Waals surface area contributed by atoms with E-state index >= 15 is 0 Å². The van der Waals surface area contributed by atoms with Gasteiger partial charge >= 0.3 is 5.97 Å². The normalized spacial score (nSPS) is 19.0. The number of hydrogen-bond donors (Lipinski definition) is 1. The number of morpholine rings is 1. The zero-order valence-electron chi connectivity index (χ0n) is 10.4. The number of hydrogen-bond acceptors (Lipinski definition) is 5. The smallest absolute Gasteiger partial charge is 0.328 e. The van der Waals surface area contributed by atoms with Gasteiger partial charge in [-0.05, 0) is 6.07 Å². The maximum absolute atomic E-state index is 12.3. The van der Waals surface area contributed by atoms with Gasteiger partial charge < -0.3 is 19.5 Å². The van der Waals surface area contributed by atoms with Gasteiger partial charge in [0.15, 0.2) is 6.04 Å². The summed E-state index contributed by atoms with van der Waals surface area (Å²) in [5.41, 5.74) is 0.160. The van der Waals surface area contributed by atoms with E-state index in [1.807, 2.05) is 0 Å². The SMILES string of the molecule is COc1ccnc(C(=O)N2CCOCC2C(=O)O)c1. The summed E-state index contributed by atoms with van der Waals surface area (Å²) in [5.74, 6) is -1.02. The summed E-state index contributed by atoms with van der Waals surface area (Å²) in [7, 11) is 1.48. The second kappa shape index (κ2) is 5.66. The van der Waals surface area contributed by atoms with E-state index < -0.39 is 17.9 Å². The summed E-state index contributed by atoms with van der Waals surface area (Å²) in [5, 5.41) is 9.09. The van der Waals surface area contributed by atoms with E-state index in [-0.39, 0.29) is 18.8 Å². The summed E-state index contributed by atoms with van der Waals surface area (Å²) in [6, 6.07) is 2.12. The maximum atomic E-state index is 12.3. The van der Waals surface area contributed by atoms with Gasteiger partial charge in [-0.1, -0.05) is 0 Å². The first-order valence-electron chi connectivity index (χ1n) is 5.75. The zero-order chi connectivity index (χ0) is 13.8. The third kappa shape index (κ3) is 2.82. The Bertz CT molecular complexity index is 491. The molecule has 1 saturated heterocycles. The van der Waals surface area contributed by atoms with Crippen molar-refractivity contribution in [3.05, 3.63) is 24.0 Å². The molecule has 0 aromatic carbocycles. The van der Waals surface area contributed by atoms with E-state index in [9.17, 15) is 9.59 Å². The number of carbonyl (C=O) groups is 2. The van der Waals surface area contributed by atoms with Crippen molar-refractivity contribution >= 4 is 11.9 Å². The number of carbonyl (C=O) groups excluding carboxylic acids is 1. The van der Waals surface area contributed by atoms with Crippen molar-refractivity contribution in [1.82, 2.24) is 9.88 Å². The quantitative estimate of drug-likeness (QED) is 0.829. The van der Waals surface area contributed by atoms with E-state index in [2.05, 4.69) is 4.98 Å². The number of carboxylic acids is 1. The van der Waals surface area contributed by atoms with Gasteiger partial charge in [0, 0.05) is 18.8 Å². The number of pyridine rings is 1. The van der Waals surface area contributed by atoms with Crippen molar-refractivity contribution in [3.8, 4) is 5.75 Å². The largest absolute Gasteiger partial charge is 0.497 e. The fourth-order valence-corrected chi connectivity index (χ4v) is 1.85. The van der Waals surface area contributed by atoms with Gasteiger partial charge in [0.05, 0.1) is 20.3 Å². The molecule has 0 radical (unpaired) electrons. The molecule has 1 aliphatic rings. The van der Waals surface area contributed by atoms with Gasteiger partial charge in [-0.2, -0.15) is 0 Å². The second-order valence-electron chi connectivity index (χ2n) is 4.01. The molecule has 0 saturated carbocycles. The van der Waals surface area contributed by atoms with Crippen LogP contribution in [0.2, 0.25) is 0 Å². The molecule has 1 aliphatic heterocycles. The Hall–Kier alpha value is -2.15. The molecule has 19 heavy (non-hydrogen) atoms. The fraction of sp³-hybridized carbons (Fsp3) is 0.417. The highest BCUT2D eigenvalue weighted by Crippen LogP contribution is 2.15. The van der Waals surface area contributed by atoms with Crippen LogP contribution < -0.4 is 4.74 Å². The lowest BCUT2D eigenvalue weighted by Gasteiger charge is -2.32. The third-order valence-electron chi connectivity index (χ3n) is 2.86. The van der Waals surface area contributed by atoms with Crippen LogP contribution >= 0.6 is 0 Å². The van der Waals surface area contributed by atoms with Crippen LogP contribution in [0.3, 0.4) is 0 Å². The minimum Gasteiger partial charge on any atom is -0.497 e. The molecular formula is C12H14N2O5. The van der Waals surface area contributed by atoms with Crippen LogP contribution in [0, 0.1) is 0 Å². The molecule has 0 bridgehead atoms. The number of carboxylic acid groups (broad SMARTS) is 1. The first kappa shape index (κ1) is 13.3.